The molecule has 3 aromatic rings. The molecule has 9 heteroatoms. The smallest absolute Gasteiger partial charge is 0.252 e. The van der Waals surface area contributed by atoms with Gasteiger partial charge in [0.1, 0.15) is 0 Å². The van der Waals surface area contributed by atoms with E-state index in [1.54, 1.807) is 37.3 Å². The number of hydrogen-bond acceptors (Lipinski definition) is 5. The standard InChI is InChI=1S/C17H13Cl2N3O2S2/c1-10(26-15-4-2-3-7-22(15)24)16(23)21-17-20-14(9-25-17)11-5-6-12(18)13(19)8-11/h2-10H,1H3,(H,20,21,23). The first kappa shape index (κ1) is 19.0. The molecule has 2 aromatic heterocycles. The highest BCUT2D eigenvalue weighted by molar-refractivity contribution is 8.00. The van der Waals surface area contributed by atoms with Gasteiger partial charge in [-0.3, -0.25) is 4.79 Å². The zero-order valence-electron chi connectivity index (χ0n) is 13.5. The van der Waals surface area contributed by atoms with Crippen molar-refractivity contribution >= 4 is 57.3 Å². The second-order valence-corrected chi connectivity index (χ2v) is 8.31. The van der Waals surface area contributed by atoms with Crippen molar-refractivity contribution in [1.82, 2.24) is 4.98 Å². The van der Waals surface area contributed by atoms with Crippen molar-refractivity contribution in [3.05, 3.63) is 63.2 Å². The van der Waals surface area contributed by atoms with Crippen LogP contribution in [-0.2, 0) is 4.79 Å². The Hall–Kier alpha value is -1.80. The van der Waals surface area contributed by atoms with Crippen molar-refractivity contribution in [3.8, 4) is 11.3 Å². The van der Waals surface area contributed by atoms with Gasteiger partial charge in [0.2, 0.25) is 5.91 Å². The lowest BCUT2D eigenvalue weighted by Gasteiger charge is -2.09. The van der Waals surface area contributed by atoms with Crippen molar-refractivity contribution in [2.24, 2.45) is 0 Å². The lowest BCUT2D eigenvalue weighted by molar-refractivity contribution is -0.645. The number of hydrogen-bond donors (Lipinski definition) is 1. The van der Waals surface area contributed by atoms with E-state index < -0.39 is 5.25 Å². The second-order valence-electron chi connectivity index (χ2n) is 5.28. The molecule has 26 heavy (non-hydrogen) atoms. The van der Waals surface area contributed by atoms with Crippen LogP contribution < -0.4 is 10.0 Å². The SMILES string of the molecule is CC(Sc1cccc[n+]1[O-])C(=O)Nc1nc(-c2ccc(Cl)c(Cl)c2)cs1. The van der Waals surface area contributed by atoms with Crippen molar-refractivity contribution in [3.63, 3.8) is 0 Å². The van der Waals surface area contributed by atoms with Crippen molar-refractivity contribution in [1.29, 1.82) is 0 Å². The molecular weight excluding hydrogens is 413 g/mol. The summed E-state index contributed by atoms with van der Waals surface area (Å²) >= 11 is 14.5. The van der Waals surface area contributed by atoms with Crippen molar-refractivity contribution in [2.45, 2.75) is 17.2 Å². The Morgan fingerprint density at radius 1 is 1.31 bits per heavy atom. The highest BCUT2D eigenvalue weighted by Gasteiger charge is 2.20. The number of aromatic nitrogens is 2. The van der Waals surface area contributed by atoms with Crippen molar-refractivity contribution < 1.29 is 9.52 Å². The molecule has 2 heterocycles. The van der Waals surface area contributed by atoms with Crippen LogP contribution in [-0.4, -0.2) is 16.1 Å². The molecule has 0 radical (unpaired) electrons. The van der Waals surface area contributed by atoms with Crippen LogP contribution in [0.2, 0.25) is 10.0 Å². The van der Waals surface area contributed by atoms with Gasteiger partial charge in [-0.15, -0.1) is 11.3 Å². The van der Waals surface area contributed by atoms with E-state index in [0.717, 1.165) is 10.3 Å². The van der Waals surface area contributed by atoms with Gasteiger partial charge in [0.25, 0.3) is 5.03 Å². The van der Waals surface area contributed by atoms with Gasteiger partial charge in [-0.2, -0.15) is 4.73 Å². The van der Waals surface area contributed by atoms with Gasteiger partial charge in [-0.05, 0) is 36.9 Å². The number of amides is 1. The number of nitrogens with one attached hydrogen (secondary N) is 1. The molecule has 0 spiro atoms. The predicted molar refractivity (Wildman–Crippen MR) is 107 cm³/mol. The quantitative estimate of drug-likeness (QED) is 0.359. The second kappa shape index (κ2) is 8.26. The van der Waals surface area contributed by atoms with Crippen LogP contribution in [0.4, 0.5) is 5.13 Å². The number of nitrogens with zero attached hydrogens (tertiary/aromatic N) is 2. The van der Waals surface area contributed by atoms with Crippen LogP contribution in [0.1, 0.15) is 6.92 Å². The lowest BCUT2D eigenvalue weighted by atomic mass is 10.2. The number of pyridine rings is 1. The third kappa shape index (κ3) is 4.48. The van der Waals surface area contributed by atoms with Gasteiger partial charge in [-0.1, -0.05) is 29.3 Å². The summed E-state index contributed by atoms with van der Waals surface area (Å²) in [5, 5.41) is 17.7. The van der Waals surface area contributed by atoms with E-state index in [1.165, 1.54) is 29.3 Å². The van der Waals surface area contributed by atoms with E-state index in [4.69, 9.17) is 23.2 Å². The van der Waals surface area contributed by atoms with E-state index in [1.807, 2.05) is 11.4 Å². The Morgan fingerprint density at radius 3 is 2.85 bits per heavy atom. The van der Waals surface area contributed by atoms with E-state index >= 15 is 0 Å². The predicted octanol–water partition coefficient (Wildman–Crippen LogP) is 4.87. The maximum atomic E-state index is 12.4. The summed E-state index contributed by atoms with van der Waals surface area (Å²) in [7, 11) is 0. The van der Waals surface area contributed by atoms with E-state index in [9.17, 15) is 10.0 Å². The van der Waals surface area contributed by atoms with Gasteiger partial charge >= 0.3 is 0 Å². The van der Waals surface area contributed by atoms with Crippen LogP contribution in [0.5, 0.6) is 0 Å². The van der Waals surface area contributed by atoms with Crippen LogP contribution in [0.3, 0.4) is 0 Å². The molecule has 0 aliphatic heterocycles. The normalized spacial score (nSPS) is 12.0. The number of carbonyl (C=O) groups is 1. The van der Waals surface area contributed by atoms with Crippen LogP contribution in [0, 0.1) is 5.21 Å². The van der Waals surface area contributed by atoms with Gasteiger partial charge in [-0.25, -0.2) is 4.98 Å². The number of halogens is 2. The van der Waals surface area contributed by atoms with E-state index in [-0.39, 0.29) is 5.91 Å². The first-order chi connectivity index (χ1) is 12.4. The summed E-state index contributed by atoms with van der Waals surface area (Å²) < 4.78 is 0.736. The summed E-state index contributed by atoms with van der Waals surface area (Å²) in [5.41, 5.74) is 1.51. The summed E-state index contributed by atoms with van der Waals surface area (Å²) in [6.45, 7) is 1.74. The molecule has 1 unspecified atom stereocenters. The fourth-order valence-corrected chi connectivity index (χ4v) is 3.94. The van der Waals surface area contributed by atoms with Gasteiger partial charge in [0, 0.05) is 23.1 Å². The highest BCUT2D eigenvalue weighted by Crippen LogP contribution is 2.31. The Balaban J connectivity index is 1.67. The lowest BCUT2D eigenvalue weighted by Crippen LogP contribution is -2.30. The average molecular weight is 426 g/mol. The molecule has 0 bridgehead atoms. The molecule has 3 rings (SSSR count). The van der Waals surface area contributed by atoms with Crippen molar-refractivity contribution in [2.75, 3.05) is 5.32 Å². The van der Waals surface area contributed by atoms with Gasteiger partial charge in [0.15, 0.2) is 11.3 Å². The third-order valence-corrected chi connectivity index (χ3v) is 6.03. The summed E-state index contributed by atoms with van der Waals surface area (Å²) in [5.74, 6) is -0.228. The number of anilines is 1. The molecule has 0 fully saturated rings. The molecule has 0 aliphatic carbocycles. The summed E-state index contributed by atoms with van der Waals surface area (Å²) in [6, 6.07) is 10.3. The Bertz CT molecular complexity index is 949. The molecule has 0 saturated carbocycles. The molecule has 0 aliphatic rings. The molecule has 1 aromatic carbocycles. The molecular formula is C17H13Cl2N3O2S2. The van der Waals surface area contributed by atoms with E-state index in [2.05, 4.69) is 10.3 Å². The molecule has 1 amide bonds. The molecule has 1 N–H and O–H groups in total. The van der Waals surface area contributed by atoms with Gasteiger partial charge < -0.3 is 10.5 Å². The number of carbonyl (C=O) groups excluding carboxylic acids is 1. The van der Waals surface area contributed by atoms with E-state index in [0.29, 0.717) is 25.9 Å². The number of thioether (sulfide) groups is 1. The number of rotatable bonds is 5. The summed E-state index contributed by atoms with van der Waals surface area (Å²) in [6.07, 6.45) is 1.40. The highest BCUT2D eigenvalue weighted by atomic mass is 35.5. The monoisotopic (exact) mass is 425 g/mol. The Morgan fingerprint density at radius 2 is 2.12 bits per heavy atom. The molecule has 5 nitrogen and oxygen atoms in total. The summed E-state index contributed by atoms with van der Waals surface area (Å²) in [4.78, 5) is 16.8. The number of thiazole rings is 1. The fraction of sp³-hybridized carbons (Fsp3) is 0.118. The molecule has 0 saturated heterocycles. The fourth-order valence-electron chi connectivity index (χ4n) is 2.06. The minimum absolute atomic E-state index is 0.228. The topological polar surface area (TPSA) is 68.9 Å². The van der Waals surface area contributed by atoms with Crippen LogP contribution in [0.25, 0.3) is 11.3 Å². The number of benzene rings is 1. The first-order valence-electron chi connectivity index (χ1n) is 7.50. The average Bonchev–Trinajstić information content (AvgIpc) is 3.07. The first-order valence-corrected chi connectivity index (χ1v) is 10.0. The van der Waals surface area contributed by atoms with Crippen LogP contribution >= 0.6 is 46.3 Å². The zero-order valence-corrected chi connectivity index (χ0v) is 16.6. The minimum atomic E-state index is -0.449. The maximum Gasteiger partial charge on any atom is 0.252 e. The largest absolute Gasteiger partial charge is 0.618 e. The minimum Gasteiger partial charge on any atom is -0.618 e. The molecule has 1 atom stereocenters. The molecule has 134 valence electrons. The third-order valence-electron chi connectivity index (χ3n) is 3.41. The maximum absolute atomic E-state index is 12.4. The van der Waals surface area contributed by atoms with Crippen LogP contribution in [0.15, 0.2) is 53.0 Å². The Kier molecular flexibility index (Phi) is 6.03. The van der Waals surface area contributed by atoms with Gasteiger partial charge in [0.05, 0.1) is 21.0 Å². The zero-order chi connectivity index (χ0) is 18.7. The Labute approximate surface area is 168 Å².